The van der Waals surface area contributed by atoms with Crippen LogP contribution in [0.25, 0.3) is 10.9 Å². The average Bonchev–Trinajstić information content (AvgIpc) is 2.71. The Bertz CT molecular complexity index is 1070. The Labute approximate surface area is 156 Å². The Morgan fingerprint density at radius 3 is 2.78 bits per heavy atom. The summed E-state index contributed by atoms with van der Waals surface area (Å²) in [6.45, 7) is 1.20. The van der Waals surface area contributed by atoms with Gasteiger partial charge in [-0.1, -0.05) is 6.07 Å². The Morgan fingerprint density at radius 2 is 1.89 bits per heavy atom. The maximum absolute atomic E-state index is 12.4. The van der Waals surface area contributed by atoms with Crippen molar-refractivity contribution in [3.8, 4) is 17.2 Å². The molecule has 0 aliphatic carbocycles. The van der Waals surface area contributed by atoms with Gasteiger partial charge in [-0.2, -0.15) is 0 Å². The van der Waals surface area contributed by atoms with E-state index in [1.165, 1.54) is 12.1 Å². The van der Waals surface area contributed by atoms with Crippen molar-refractivity contribution in [3.63, 3.8) is 0 Å². The minimum absolute atomic E-state index is 0.128. The van der Waals surface area contributed by atoms with Crippen LogP contribution in [0.1, 0.15) is 0 Å². The molecule has 2 aromatic carbocycles. The van der Waals surface area contributed by atoms with E-state index in [0.29, 0.717) is 30.5 Å². The summed E-state index contributed by atoms with van der Waals surface area (Å²) in [7, 11) is -3.66. The monoisotopic (exact) mass is 386 g/mol. The Kier molecular flexibility index (Phi) is 4.83. The van der Waals surface area contributed by atoms with Gasteiger partial charge in [0.25, 0.3) is 0 Å². The third-order valence-electron chi connectivity index (χ3n) is 4.06. The van der Waals surface area contributed by atoms with E-state index in [-0.39, 0.29) is 18.0 Å². The molecule has 4 rings (SSSR count). The average molecular weight is 386 g/mol. The molecule has 1 aliphatic rings. The van der Waals surface area contributed by atoms with Crippen LogP contribution < -0.4 is 18.9 Å². The molecule has 0 saturated heterocycles. The van der Waals surface area contributed by atoms with E-state index in [0.717, 1.165) is 10.9 Å². The Balaban J connectivity index is 1.36. The molecule has 0 spiro atoms. The summed E-state index contributed by atoms with van der Waals surface area (Å²) in [5.74, 6) is 1.65. The summed E-state index contributed by atoms with van der Waals surface area (Å²) in [5, 5.41) is 0.965. The number of hydrogen-bond donors (Lipinski definition) is 1. The van der Waals surface area contributed by atoms with Crippen LogP contribution in [-0.4, -0.2) is 39.8 Å². The van der Waals surface area contributed by atoms with E-state index in [9.17, 15) is 8.42 Å². The molecule has 140 valence electrons. The van der Waals surface area contributed by atoms with Gasteiger partial charge < -0.3 is 14.2 Å². The summed E-state index contributed by atoms with van der Waals surface area (Å²) in [4.78, 5) is 4.38. The van der Waals surface area contributed by atoms with Crippen LogP contribution in [0.2, 0.25) is 0 Å². The van der Waals surface area contributed by atoms with E-state index in [1.54, 1.807) is 12.3 Å². The zero-order valence-corrected chi connectivity index (χ0v) is 15.2. The second-order valence-corrected chi connectivity index (χ2v) is 7.68. The van der Waals surface area contributed by atoms with Crippen LogP contribution in [0.15, 0.2) is 59.6 Å². The first-order valence-corrected chi connectivity index (χ1v) is 9.97. The van der Waals surface area contributed by atoms with Crippen LogP contribution in [0.3, 0.4) is 0 Å². The molecule has 1 aliphatic heterocycles. The predicted molar refractivity (Wildman–Crippen MR) is 99.9 cm³/mol. The summed E-state index contributed by atoms with van der Waals surface area (Å²) >= 11 is 0. The molecule has 0 fully saturated rings. The molecule has 8 heteroatoms. The third kappa shape index (κ3) is 3.96. The Morgan fingerprint density at radius 1 is 1.04 bits per heavy atom. The quantitative estimate of drug-likeness (QED) is 0.655. The van der Waals surface area contributed by atoms with Gasteiger partial charge in [-0.15, -0.1) is 0 Å². The van der Waals surface area contributed by atoms with Crippen molar-refractivity contribution in [3.05, 3.63) is 54.7 Å². The standard InChI is InChI=1S/C19H18N2O5S/c22-27(23,16-4-6-18-19(13-16)26-11-10-25-18)21-8-9-24-15-3-5-17-14(12-15)2-1-7-20-17/h1-7,12-13,21H,8-11H2. The fraction of sp³-hybridized carbons (Fsp3) is 0.211. The first kappa shape index (κ1) is 17.6. The molecule has 0 radical (unpaired) electrons. The molecule has 0 atom stereocenters. The number of benzene rings is 2. The maximum atomic E-state index is 12.4. The van der Waals surface area contributed by atoms with E-state index < -0.39 is 10.0 Å². The number of fused-ring (bicyclic) bond motifs is 2. The maximum Gasteiger partial charge on any atom is 0.240 e. The van der Waals surface area contributed by atoms with Crippen molar-refractivity contribution < 1.29 is 22.6 Å². The second-order valence-electron chi connectivity index (χ2n) is 5.91. The van der Waals surface area contributed by atoms with Crippen LogP contribution in [0.5, 0.6) is 17.2 Å². The molecule has 1 aromatic heterocycles. The molecular formula is C19H18N2O5S. The number of sulfonamides is 1. The van der Waals surface area contributed by atoms with Crippen molar-refractivity contribution in [1.29, 1.82) is 0 Å². The van der Waals surface area contributed by atoms with Gasteiger partial charge in [0.2, 0.25) is 10.0 Å². The molecule has 0 saturated carbocycles. The van der Waals surface area contributed by atoms with Gasteiger partial charge >= 0.3 is 0 Å². The van der Waals surface area contributed by atoms with E-state index >= 15 is 0 Å². The van der Waals surface area contributed by atoms with Crippen molar-refractivity contribution in [2.24, 2.45) is 0 Å². The van der Waals surface area contributed by atoms with Gasteiger partial charge in [0.05, 0.1) is 10.4 Å². The normalized spacial score (nSPS) is 13.5. The van der Waals surface area contributed by atoms with Gasteiger partial charge in [-0.25, -0.2) is 13.1 Å². The highest BCUT2D eigenvalue weighted by Crippen LogP contribution is 2.32. The lowest BCUT2D eigenvalue weighted by molar-refractivity contribution is 0.171. The fourth-order valence-corrected chi connectivity index (χ4v) is 3.79. The van der Waals surface area contributed by atoms with E-state index in [2.05, 4.69) is 9.71 Å². The van der Waals surface area contributed by atoms with Gasteiger partial charge in [-0.3, -0.25) is 4.98 Å². The largest absolute Gasteiger partial charge is 0.492 e. The fourth-order valence-electron chi connectivity index (χ4n) is 2.76. The highest BCUT2D eigenvalue weighted by atomic mass is 32.2. The SMILES string of the molecule is O=S(=O)(NCCOc1ccc2ncccc2c1)c1ccc2c(c1)OCCO2. The van der Waals surface area contributed by atoms with Gasteiger partial charge in [-0.05, 0) is 36.4 Å². The number of hydrogen-bond acceptors (Lipinski definition) is 6. The van der Waals surface area contributed by atoms with Crippen molar-refractivity contribution in [2.45, 2.75) is 4.90 Å². The predicted octanol–water partition coefficient (Wildman–Crippen LogP) is 2.36. The smallest absolute Gasteiger partial charge is 0.240 e. The first-order valence-electron chi connectivity index (χ1n) is 8.49. The minimum Gasteiger partial charge on any atom is -0.492 e. The molecule has 0 amide bonds. The topological polar surface area (TPSA) is 86.8 Å². The number of nitrogens with one attached hydrogen (secondary N) is 1. The summed E-state index contributed by atoms with van der Waals surface area (Å²) in [5.41, 5.74) is 0.879. The van der Waals surface area contributed by atoms with Gasteiger partial charge in [0.1, 0.15) is 25.6 Å². The number of nitrogens with zero attached hydrogens (tertiary/aromatic N) is 1. The molecule has 3 aromatic rings. The van der Waals surface area contributed by atoms with E-state index in [4.69, 9.17) is 14.2 Å². The molecule has 1 N–H and O–H groups in total. The minimum atomic E-state index is -3.66. The lowest BCUT2D eigenvalue weighted by Gasteiger charge is -2.19. The number of pyridine rings is 1. The number of aromatic nitrogens is 1. The lowest BCUT2D eigenvalue weighted by Crippen LogP contribution is -2.28. The molecule has 0 bridgehead atoms. The van der Waals surface area contributed by atoms with Gasteiger partial charge in [0, 0.05) is 24.2 Å². The molecule has 0 unspecified atom stereocenters. The van der Waals surface area contributed by atoms with Crippen LogP contribution >= 0.6 is 0 Å². The summed E-state index contributed by atoms with van der Waals surface area (Å²) in [6, 6.07) is 13.9. The number of ether oxygens (including phenoxy) is 3. The second kappa shape index (κ2) is 7.42. The lowest BCUT2D eigenvalue weighted by atomic mass is 10.2. The van der Waals surface area contributed by atoms with Crippen molar-refractivity contribution >= 4 is 20.9 Å². The van der Waals surface area contributed by atoms with Crippen molar-refractivity contribution in [1.82, 2.24) is 9.71 Å². The molecule has 2 heterocycles. The highest BCUT2D eigenvalue weighted by Gasteiger charge is 2.19. The Hall–Kier alpha value is -2.84. The highest BCUT2D eigenvalue weighted by molar-refractivity contribution is 7.89. The van der Waals surface area contributed by atoms with Crippen LogP contribution in [0, 0.1) is 0 Å². The summed E-state index contributed by atoms with van der Waals surface area (Å²) in [6.07, 6.45) is 1.73. The van der Waals surface area contributed by atoms with Crippen LogP contribution in [-0.2, 0) is 10.0 Å². The van der Waals surface area contributed by atoms with Crippen molar-refractivity contribution in [2.75, 3.05) is 26.4 Å². The first-order chi connectivity index (χ1) is 13.1. The number of rotatable bonds is 6. The van der Waals surface area contributed by atoms with E-state index in [1.807, 2.05) is 30.3 Å². The zero-order valence-electron chi connectivity index (χ0n) is 14.4. The molecule has 27 heavy (non-hydrogen) atoms. The molecular weight excluding hydrogens is 368 g/mol. The van der Waals surface area contributed by atoms with Gasteiger partial charge in [0.15, 0.2) is 11.5 Å². The third-order valence-corrected chi connectivity index (χ3v) is 5.52. The zero-order chi connectivity index (χ0) is 18.7. The molecule has 7 nitrogen and oxygen atoms in total. The summed E-state index contributed by atoms with van der Waals surface area (Å²) < 4.78 is 43.9. The van der Waals surface area contributed by atoms with Crippen LogP contribution in [0.4, 0.5) is 0 Å².